The van der Waals surface area contributed by atoms with Crippen LogP contribution >= 0.6 is 15.9 Å². The Hall–Kier alpha value is -0.760. The lowest BCUT2D eigenvalue weighted by atomic mass is 10.1. The van der Waals surface area contributed by atoms with Crippen LogP contribution in [0.1, 0.15) is 11.1 Å². The van der Waals surface area contributed by atoms with Gasteiger partial charge in [-0.15, -0.1) is 0 Å². The van der Waals surface area contributed by atoms with Gasteiger partial charge in [-0.1, -0.05) is 22.0 Å². The van der Waals surface area contributed by atoms with Gasteiger partial charge in [0.15, 0.2) is 0 Å². The van der Waals surface area contributed by atoms with Gasteiger partial charge in [0.25, 0.3) is 0 Å². The van der Waals surface area contributed by atoms with Gasteiger partial charge in [-0.3, -0.25) is 0 Å². The van der Waals surface area contributed by atoms with Crippen molar-refractivity contribution in [1.29, 1.82) is 0 Å². The highest BCUT2D eigenvalue weighted by atomic mass is 79.9. The van der Waals surface area contributed by atoms with E-state index >= 15 is 0 Å². The Labute approximate surface area is 86.5 Å². The largest absolute Gasteiger partial charge is 0.350 e. The Bertz CT molecular complexity index is 426. The molecular weight excluding hydrogens is 226 g/mol. The number of aromatic nitrogens is 1. The van der Waals surface area contributed by atoms with Crippen LogP contribution in [0.4, 0.5) is 0 Å². The van der Waals surface area contributed by atoms with Gasteiger partial charge in [0.1, 0.15) is 0 Å². The number of hydrogen-bond acceptors (Lipinski definition) is 0. The third-order valence-corrected chi connectivity index (χ3v) is 3.12. The first-order chi connectivity index (χ1) is 6.11. The van der Waals surface area contributed by atoms with Gasteiger partial charge in [-0.2, -0.15) is 0 Å². The third kappa shape index (κ3) is 1.20. The van der Waals surface area contributed by atoms with Crippen LogP contribution in [0.15, 0.2) is 22.8 Å². The fourth-order valence-corrected chi connectivity index (χ4v) is 2.55. The lowest BCUT2D eigenvalue weighted by molar-refractivity contribution is 0.959. The molecule has 2 heteroatoms. The summed E-state index contributed by atoms with van der Waals surface area (Å²) in [6.07, 6.45) is 2.17. The molecule has 0 saturated heterocycles. The van der Waals surface area contributed by atoms with Crippen LogP contribution in [-0.4, -0.2) is 4.57 Å². The van der Waals surface area contributed by atoms with Crippen molar-refractivity contribution in [1.82, 2.24) is 4.57 Å². The van der Waals surface area contributed by atoms with Gasteiger partial charge in [-0.25, -0.2) is 0 Å². The minimum atomic E-state index is 1.19. The number of aryl methyl sites for hydroxylation is 3. The first-order valence-electron chi connectivity index (χ1n) is 4.32. The molecule has 1 heterocycles. The maximum Gasteiger partial charge on any atom is 0.0521 e. The smallest absolute Gasteiger partial charge is 0.0521 e. The molecule has 0 unspecified atom stereocenters. The zero-order chi connectivity index (χ0) is 9.59. The third-order valence-electron chi connectivity index (χ3n) is 2.46. The lowest BCUT2D eigenvalue weighted by Gasteiger charge is -2.02. The average Bonchev–Trinajstić information content (AvgIpc) is 2.36. The number of hydrogen-bond donors (Lipinski definition) is 0. The van der Waals surface area contributed by atoms with Gasteiger partial charge in [-0.05, 0) is 31.0 Å². The van der Waals surface area contributed by atoms with Crippen molar-refractivity contribution in [3.8, 4) is 0 Å². The summed E-state index contributed by atoms with van der Waals surface area (Å²) in [6.45, 7) is 4.29. The highest BCUT2D eigenvalue weighted by molar-refractivity contribution is 9.10. The minimum Gasteiger partial charge on any atom is -0.350 e. The Morgan fingerprint density at radius 2 is 1.85 bits per heavy atom. The summed E-state index contributed by atoms with van der Waals surface area (Å²) in [7, 11) is 2.09. The molecule has 13 heavy (non-hydrogen) atoms. The minimum absolute atomic E-state index is 1.19. The van der Waals surface area contributed by atoms with Crippen LogP contribution in [0.25, 0.3) is 10.9 Å². The average molecular weight is 238 g/mol. The highest BCUT2D eigenvalue weighted by Gasteiger charge is 2.08. The van der Waals surface area contributed by atoms with E-state index in [1.807, 2.05) is 0 Å². The molecule has 1 nitrogen and oxygen atoms in total. The molecule has 0 aliphatic rings. The van der Waals surface area contributed by atoms with Crippen molar-refractivity contribution in [2.45, 2.75) is 13.8 Å². The molecule has 1 aromatic heterocycles. The van der Waals surface area contributed by atoms with E-state index in [4.69, 9.17) is 0 Å². The van der Waals surface area contributed by atoms with Gasteiger partial charge < -0.3 is 4.57 Å². The number of halogens is 1. The molecular formula is C11H12BrN. The number of benzene rings is 1. The zero-order valence-electron chi connectivity index (χ0n) is 8.06. The zero-order valence-corrected chi connectivity index (χ0v) is 9.64. The fraction of sp³-hybridized carbons (Fsp3) is 0.273. The molecule has 0 radical (unpaired) electrons. The molecule has 0 aliphatic carbocycles. The highest BCUT2D eigenvalue weighted by Crippen LogP contribution is 2.30. The second-order valence-electron chi connectivity index (χ2n) is 3.51. The number of fused-ring (bicyclic) bond motifs is 1. The molecule has 0 atom stereocenters. The van der Waals surface area contributed by atoms with Gasteiger partial charge in [0.2, 0.25) is 0 Å². The van der Waals surface area contributed by atoms with Crippen LogP contribution in [0.2, 0.25) is 0 Å². The molecule has 68 valence electrons. The van der Waals surface area contributed by atoms with Gasteiger partial charge in [0.05, 0.1) is 5.52 Å². The van der Waals surface area contributed by atoms with Gasteiger partial charge >= 0.3 is 0 Å². The molecule has 0 fully saturated rings. The topological polar surface area (TPSA) is 4.93 Å². The monoisotopic (exact) mass is 237 g/mol. The predicted molar refractivity (Wildman–Crippen MR) is 60.1 cm³/mol. The Morgan fingerprint density at radius 3 is 2.46 bits per heavy atom. The van der Waals surface area contributed by atoms with E-state index in [1.54, 1.807) is 0 Å². The molecule has 0 N–H and O–H groups in total. The SMILES string of the molecule is Cc1cn(C)c2c(C)ccc(Br)c12. The Balaban J connectivity index is 3.03. The summed E-state index contributed by atoms with van der Waals surface area (Å²) >= 11 is 3.58. The van der Waals surface area contributed by atoms with E-state index in [1.165, 1.54) is 26.5 Å². The normalized spacial score (nSPS) is 11.1. The van der Waals surface area contributed by atoms with E-state index in [2.05, 4.69) is 59.7 Å². The van der Waals surface area contributed by atoms with Crippen LogP contribution in [0.5, 0.6) is 0 Å². The summed E-state index contributed by atoms with van der Waals surface area (Å²) in [5.41, 5.74) is 3.98. The summed E-state index contributed by atoms with van der Waals surface area (Å²) in [5, 5.41) is 1.34. The molecule has 0 spiro atoms. The summed E-state index contributed by atoms with van der Waals surface area (Å²) in [5.74, 6) is 0. The first kappa shape index (κ1) is 8.82. The maximum absolute atomic E-state index is 3.58. The van der Waals surface area contributed by atoms with Crippen LogP contribution in [0, 0.1) is 13.8 Å². The lowest BCUT2D eigenvalue weighted by Crippen LogP contribution is -1.86. The summed E-state index contributed by atoms with van der Waals surface area (Å²) in [4.78, 5) is 0. The summed E-state index contributed by atoms with van der Waals surface area (Å²) < 4.78 is 3.37. The molecule has 1 aromatic carbocycles. The molecule has 2 aromatic rings. The second kappa shape index (κ2) is 2.88. The molecule has 0 saturated carbocycles. The number of nitrogens with zero attached hydrogens (tertiary/aromatic N) is 1. The maximum atomic E-state index is 3.58. The summed E-state index contributed by atoms with van der Waals surface area (Å²) in [6, 6.07) is 4.26. The van der Waals surface area contributed by atoms with E-state index < -0.39 is 0 Å². The Morgan fingerprint density at radius 1 is 1.15 bits per heavy atom. The van der Waals surface area contributed by atoms with Crippen LogP contribution < -0.4 is 0 Å². The molecule has 0 bridgehead atoms. The van der Waals surface area contributed by atoms with Crippen molar-refractivity contribution in [2.75, 3.05) is 0 Å². The fourth-order valence-electron chi connectivity index (χ4n) is 1.92. The van der Waals surface area contributed by atoms with E-state index in [0.717, 1.165) is 0 Å². The predicted octanol–water partition coefficient (Wildman–Crippen LogP) is 3.56. The van der Waals surface area contributed by atoms with E-state index in [-0.39, 0.29) is 0 Å². The van der Waals surface area contributed by atoms with Crippen molar-refractivity contribution in [3.63, 3.8) is 0 Å². The van der Waals surface area contributed by atoms with E-state index in [0.29, 0.717) is 0 Å². The molecule has 2 rings (SSSR count). The quantitative estimate of drug-likeness (QED) is 0.661. The number of rotatable bonds is 0. The van der Waals surface area contributed by atoms with Gasteiger partial charge in [0, 0.05) is 23.1 Å². The van der Waals surface area contributed by atoms with E-state index in [9.17, 15) is 0 Å². The molecule has 0 amide bonds. The van der Waals surface area contributed by atoms with Crippen molar-refractivity contribution in [2.24, 2.45) is 7.05 Å². The van der Waals surface area contributed by atoms with Crippen molar-refractivity contribution >= 4 is 26.8 Å². The standard InChI is InChI=1S/C11H12BrN/c1-7-4-5-9(12)10-8(2)6-13(3)11(7)10/h4-6H,1-3H3. The van der Waals surface area contributed by atoms with Crippen molar-refractivity contribution < 1.29 is 0 Å². The first-order valence-corrected chi connectivity index (χ1v) is 5.11. The van der Waals surface area contributed by atoms with Crippen LogP contribution in [-0.2, 0) is 7.05 Å². The Kier molecular flexibility index (Phi) is 1.95. The molecule has 0 aliphatic heterocycles. The second-order valence-corrected chi connectivity index (χ2v) is 4.37. The van der Waals surface area contributed by atoms with Crippen LogP contribution in [0.3, 0.4) is 0 Å². The van der Waals surface area contributed by atoms with Crippen molar-refractivity contribution in [3.05, 3.63) is 33.9 Å².